The first-order chi connectivity index (χ1) is 15.3. The molecule has 1 unspecified atom stereocenters. The highest BCUT2D eigenvalue weighted by Gasteiger charge is 2.28. The van der Waals surface area contributed by atoms with Crippen molar-refractivity contribution in [3.05, 3.63) is 90.1 Å². The van der Waals surface area contributed by atoms with Crippen LogP contribution in [0, 0.1) is 11.8 Å². The molecule has 0 spiro atoms. The lowest BCUT2D eigenvalue weighted by Gasteiger charge is -2.22. The van der Waals surface area contributed by atoms with Crippen LogP contribution in [0.2, 0.25) is 0 Å². The highest BCUT2D eigenvalue weighted by molar-refractivity contribution is 5.91. The van der Waals surface area contributed by atoms with Gasteiger partial charge in [-0.3, -0.25) is 4.98 Å². The van der Waals surface area contributed by atoms with E-state index in [1.54, 1.807) is 35.5 Å². The summed E-state index contributed by atoms with van der Waals surface area (Å²) < 4.78 is 1.68. The number of rotatable bonds is 2. The van der Waals surface area contributed by atoms with E-state index in [9.17, 15) is 4.79 Å². The fourth-order valence-corrected chi connectivity index (χ4v) is 3.38. The Morgan fingerprint density at radius 2 is 1.94 bits per heavy atom. The van der Waals surface area contributed by atoms with Gasteiger partial charge in [0, 0.05) is 42.5 Å². The number of imidazole rings is 1. The monoisotopic (exact) mass is 443 g/mol. The van der Waals surface area contributed by atoms with Crippen LogP contribution < -0.4 is 5.32 Å². The van der Waals surface area contributed by atoms with Crippen molar-refractivity contribution in [2.45, 2.75) is 12.5 Å². The molecule has 0 radical (unpaired) electrons. The largest absolute Gasteiger partial charge is 0.342 e. The molecule has 1 aromatic carbocycles. The maximum atomic E-state index is 12.8. The van der Waals surface area contributed by atoms with Gasteiger partial charge in [-0.15, -0.1) is 12.4 Å². The van der Waals surface area contributed by atoms with Gasteiger partial charge < -0.3 is 5.32 Å². The third kappa shape index (κ3) is 4.29. The summed E-state index contributed by atoms with van der Waals surface area (Å²) in [6.07, 6.45) is 9.21. The number of hydrogen-bond donors (Lipinski definition) is 1. The van der Waals surface area contributed by atoms with Crippen molar-refractivity contribution in [2.24, 2.45) is 5.10 Å². The summed E-state index contributed by atoms with van der Waals surface area (Å²) in [7, 11) is 0. The Hall–Kier alpha value is -4.22. The van der Waals surface area contributed by atoms with Crippen LogP contribution in [0.25, 0.3) is 5.65 Å². The molecule has 32 heavy (non-hydrogen) atoms. The molecule has 9 heteroatoms. The van der Waals surface area contributed by atoms with Crippen LogP contribution in [0.4, 0.5) is 10.5 Å². The van der Waals surface area contributed by atoms with E-state index in [-0.39, 0.29) is 24.5 Å². The number of hydrogen-bond acceptors (Lipinski definition) is 5. The average molecular weight is 444 g/mol. The maximum absolute atomic E-state index is 12.8. The number of benzene rings is 1. The smallest absolute Gasteiger partial charge is 0.306 e. The lowest BCUT2D eigenvalue weighted by atomic mass is 10.1. The Morgan fingerprint density at radius 3 is 2.81 bits per heavy atom. The van der Waals surface area contributed by atoms with Gasteiger partial charge in [0.15, 0.2) is 5.65 Å². The zero-order valence-corrected chi connectivity index (χ0v) is 17.6. The van der Waals surface area contributed by atoms with E-state index in [2.05, 4.69) is 37.3 Å². The number of amides is 2. The summed E-state index contributed by atoms with van der Waals surface area (Å²) in [6, 6.07) is 14.4. The molecular formula is C23H18ClN7O. The minimum absolute atomic E-state index is 0. The first-order valence-electron chi connectivity index (χ1n) is 9.71. The van der Waals surface area contributed by atoms with Crippen LogP contribution in [0.15, 0.2) is 78.4 Å². The molecule has 1 N–H and O–H groups in total. The fraction of sp³-hybridized carbons (Fsp3) is 0.0870. The standard InChI is InChI=1S/C23H17N7O.ClH/c31-23(30-21(10-14-27-30)18-8-12-24-13-9-18)28-19-4-1-3-17(15-19)6-7-20-16-25-22-5-2-11-26-29(20)22;/h1-5,8-9,11-16,21H,10H2,(H,28,31);1H. The second-order valence-corrected chi connectivity index (χ2v) is 6.87. The molecule has 1 aliphatic rings. The highest BCUT2D eigenvalue weighted by Crippen LogP contribution is 2.28. The second-order valence-electron chi connectivity index (χ2n) is 6.87. The van der Waals surface area contributed by atoms with Crippen molar-refractivity contribution in [1.29, 1.82) is 0 Å². The Balaban J connectivity index is 0.00000245. The van der Waals surface area contributed by atoms with Gasteiger partial charge in [-0.25, -0.2) is 19.3 Å². The minimum atomic E-state index is -0.299. The van der Waals surface area contributed by atoms with E-state index in [4.69, 9.17) is 0 Å². The van der Waals surface area contributed by atoms with Crippen LogP contribution in [0.3, 0.4) is 0 Å². The Morgan fingerprint density at radius 1 is 1.06 bits per heavy atom. The molecule has 8 nitrogen and oxygen atoms in total. The van der Waals surface area contributed by atoms with Crippen LogP contribution in [0.1, 0.15) is 29.3 Å². The minimum Gasteiger partial charge on any atom is -0.306 e. The van der Waals surface area contributed by atoms with E-state index >= 15 is 0 Å². The Labute approximate surface area is 190 Å². The summed E-state index contributed by atoms with van der Waals surface area (Å²) >= 11 is 0. The maximum Gasteiger partial charge on any atom is 0.342 e. The number of aromatic nitrogens is 4. The summed E-state index contributed by atoms with van der Waals surface area (Å²) in [5, 5.41) is 12.9. The van der Waals surface area contributed by atoms with Gasteiger partial charge in [0.05, 0.1) is 12.2 Å². The van der Waals surface area contributed by atoms with Gasteiger partial charge >= 0.3 is 6.03 Å². The zero-order valence-electron chi connectivity index (χ0n) is 16.8. The number of carbonyl (C=O) groups is 1. The van der Waals surface area contributed by atoms with Crippen LogP contribution in [-0.4, -0.2) is 36.8 Å². The van der Waals surface area contributed by atoms with Crippen LogP contribution in [-0.2, 0) is 0 Å². The molecule has 0 bridgehead atoms. The second kappa shape index (κ2) is 9.29. The molecular weight excluding hydrogens is 426 g/mol. The highest BCUT2D eigenvalue weighted by atomic mass is 35.5. The number of halogens is 1. The first kappa shape index (κ1) is 21.0. The number of anilines is 1. The summed E-state index contributed by atoms with van der Waals surface area (Å²) in [4.78, 5) is 21.1. The molecule has 3 aromatic heterocycles. The van der Waals surface area contributed by atoms with Crippen molar-refractivity contribution in [3.63, 3.8) is 0 Å². The number of nitrogens with zero attached hydrogens (tertiary/aromatic N) is 6. The van der Waals surface area contributed by atoms with Gasteiger partial charge in [-0.05, 0) is 53.9 Å². The van der Waals surface area contributed by atoms with E-state index < -0.39 is 0 Å². The number of pyridine rings is 1. The topological polar surface area (TPSA) is 87.8 Å². The van der Waals surface area contributed by atoms with E-state index in [1.807, 2.05) is 48.5 Å². The van der Waals surface area contributed by atoms with Gasteiger partial charge in [0.2, 0.25) is 0 Å². The van der Waals surface area contributed by atoms with E-state index in [0.717, 1.165) is 16.8 Å². The van der Waals surface area contributed by atoms with E-state index in [0.29, 0.717) is 17.8 Å². The molecule has 1 atom stereocenters. The SMILES string of the molecule is Cl.O=C(Nc1cccc(C#Cc2cnc3cccnn23)c1)N1N=CCC1c1ccncc1. The van der Waals surface area contributed by atoms with Crippen molar-refractivity contribution in [2.75, 3.05) is 5.32 Å². The molecule has 4 heterocycles. The van der Waals surface area contributed by atoms with Crippen LogP contribution >= 0.6 is 12.4 Å². The van der Waals surface area contributed by atoms with Crippen molar-refractivity contribution >= 4 is 36.0 Å². The third-order valence-corrected chi connectivity index (χ3v) is 4.86. The quantitative estimate of drug-likeness (QED) is 0.476. The van der Waals surface area contributed by atoms with Crippen molar-refractivity contribution in [1.82, 2.24) is 24.6 Å². The first-order valence-corrected chi connectivity index (χ1v) is 9.71. The lowest BCUT2D eigenvalue weighted by molar-refractivity contribution is 0.200. The third-order valence-electron chi connectivity index (χ3n) is 4.86. The summed E-state index contributed by atoms with van der Waals surface area (Å²) in [6.45, 7) is 0. The fourth-order valence-electron chi connectivity index (χ4n) is 3.38. The predicted molar refractivity (Wildman–Crippen MR) is 124 cm³/mol. The molecule has 4 aromatic rings. The number of fused-ring (bicyclic) bond motifs is 1. The summed E-state index contributed by atoms with van der Waals surface area (Å²) in [5.74, 6) is 6.19. The van der Waals surface area contributed by atoms with Crippen molar-refractivity contribution < 1.29 is 4.79 Å². The normalized spacial score (nSPS) is 14.5. The van der Waals surface area contributed by atoms with Gasteiger partial charge in [-0.1, -0.05) is 12.0 Å². The zero-order chi connectivity index (χ0) is 21.0. The molecule has 0 aliphatic carbocycles. The predicted octanol–water partition coefficient (Wildman–Crippen LogP) is 3.91. The van der Waals surface area contributed by atoms with Gasteiger partial charge in [0.1, 0.15) is 5.69 Å². The Bertz CT molecular complexity index is 1340. The van der Waals surface area contributed by atoms with Gasteiger partial charge in [0.25, 0.3) is 0 Å². The number of carbonyl (C=O) groups excluding carboxylic acids is 1. The molecule has 0 saturated heterocycles. The molecule has 0 saturated carbocycles. The van der Waals surface area contributed by atoms with Crippen LogP contribution in [0.5, 0.6) is 0 Å². The van der Waals surface area contributed by atoms with Gasteiger partial charge in [-0.2, -0.15) is 10.2 Å². The molecule has 0 fully saturated rings. The summed E-state index contributed by atoms with van der Waals surface area (Å²) in [5.41, 5.74) is 3.83. The number of urea groups is 1. The molecule has 158 valence electrons. The Kier molecular flexibility index (Phi) is 6.10. The van der Waals surface area contributed by atoms with E-state index in [1.165, 1.54) is 5.01 Å². The average Bonchev–Trinajstić information content (AvgIpc) is 3.46. The van der Waals surface area contributed by atoms with Crippen molar-refractivity contribution in [3.8, 4) is 11.8 Å². The molecule has 1 aliphatic heterocycles. The number of nitrogens with one attached hydrogen (secondary N) is 1. The number of hydrazone groups is 1. The molecule has 2 amide bonds. The molecule has 5 rings (SSSR count). The lowest BCUT2D eigenvalue weighted by Crippen LogP contribution is -2.31.